The maximum atomic E-state index is 11.0. The highest BCUT2D eigenvalue weighted by Gasteiger charge is 2.16. The topological polar surface area (TPSA) is 55.2 Å². The number of nitrogens with zero attached hydrogens (tertiary/aromatic N) is 1. The van der Waals surface area contributed by atoms with Gasteiger partial charge in [-0.05, 0) is 24.6 Å². The number of hydrogen-bond donors (Lipinski definition) is 1. The quantitative estimate of drug-likeness (QED) is 0.664. The summed E-state index contributed by atoms with van der Waals surface area (Å²) < 4.78 is 0. The minimum absolute atomic E-state index is 0.0205. The van der Waals surface area contributed by atoms with Gasteiger partial charge < -0.3 is 5.32 Å². The van der Waals surface area contributed by atoms with Crippen LogP contribution in [0.2, 0.25) is 5.02 Å². The minimum Gasteiger partial charge on any atom is -0.373 e. The Morgan fingerprint density at radius 3 is 2.53 bits per heavy atom. The Hall–Kier alpha value is -2.07. The summed E-state index contributed by atoms with van der Waals surface area (Å²) in [5.41, 5.74) is 1.50. The van der Waals surface area contributed by atoms with Crippen LogP contribution in [0.1, 0.15) is 18.5 Å². The summed E-state index contributed by atoms with van der Waals surface area (Å²) in [5, 5.41) is 14.6. The molecule has 0 fully saturated rings. The van der Waals surface area contributed by atoms with Crippen molar-refractivity contribution in [3.8, 4) is 0 Å². The Bertz CT molecular complexity index is 587. The van der Waals surface area contributed by atoms with E-state index in [2.05, 4.69) is 5.32 Å². The maximum absolute atomic E-state index is 11.0. The molecule has 0 bridgehead atoms. The molecule has 0 aliphatic heterocycles. The van der Waals surface area contributed by atoms with Gasteiger partial charge in [-0.2, -0.15) is 0 Å². The lowest BCUT2D eigenvalue weighted by molar-refractivity contribution is -0.384. The van der Waals surface area contributed by atoms with Gasteiger partial charge in [0.2, 0.25) is 0 Å². The van der Waals surface area contributed by atoms with Crippen LogP contribution < -0.4 is 5.32 Å². The molecular weight excluding hydrogens is 264 g/mol. The average Bonchev–Trinajstić information content (AvgIpc) is 2.39. The van der Waals surface area contributed by atoms with E-state index in [1.54, 1.807) is 6.07 Å². The molecule has 0 unspecified atom stereocenters. The van der Waals surface area contributed by atoms with Crippen molar-refractivity contribution in [1.29, 1.82) is 0 Å². The summed E-state index contributed by atoms with van der Waals surface area (Å²) in [6.07, 6.45) is 0. The Morgan fingerprint density at radius 2 is 1.89 bits per heavy atom. The monoisotopic (exact) mass is 276 g/mol. The highest BCUT2D eigenvalue weighted by molar-refractivity contribution is 6.31. The van der Waals surface area contributed by atoms with E-state index >= 15 is 0 Å². The van der Waals surface area contributed by atoms with E-state index in [-0.39, 0.29) is 11.7 Å². The van der Waals surface area contributed by atoms with Crippen molar-refractivity contribution in [2.24, 2.45) is 0 Å². The molecule has 1 N–H and O–H groups in total. The average molecular weight is 277 g/mol. The zero-order chi connectivity index (χ0) is 13.8. The summed E-state index contributed by atoms with van der Waals surface area (Å²) in [6, 6.07) is 14.2. The fourth-order valence-corrected chi connectivity index (χ4v) is 2.01. The van der Waals surface area contributed by atoms with Crippen molar-refractivity contribution in [2.75, 3.05) is 5.32 Å². The molecule has 2 aromatic rings. The first-order chi connectivity index (χ1) is 9.08. The van der Waals surface area contributed by atoms with Crippen LogP contribution in [0.5, 0.6) is 0 Å². The van der Waals surface area contributed by atoms with E-state index in [1.165, 1.54) is 12.1 Å². The second-order valence-electron chi connectivity index (χ2n) is 4.20. The maximum Gasteiger partial charge on any atom is 0.292 e. The first-order valence-electron chi connectivity index (χ1n) is 5.83. The van der Waals surface area contributed by atoms with Crippen molar-refractivity contribution in [3.63, 3.8) is 0 Å². The molecule has 0 heterocycles. The normalized spacial score (nSPS) is 11.9. The third-order valence-electron chi connectivity index (χ3n) is 2.83. The molecule has 19 heavy (non-hydrogen) atoms. The van der Waals surface area contributed by atoms with E-state index in [0.717, 1.165) is 5.56 Å². The van der Waals surface area contributed by atoms with Crippen molar-refractivity contribution < 1.29 is 4.92 Å². The number of hydrogen-bond acceptors (Lipinski definition) is 3. The lowest BCUT2D eigenvalue weighted by Gasteiger charge is -2.15. The summed E-state index contributed by atoms with van der Waals surface area (Å²) in [5.74, 6) is 0. The molecule has 4 nitrogen and oxygen atoms in total. The van der Waals surface area contributed by atoms with Gasteiger partial charge >= 0.3 is 0 Å². The highest BCUT2D eigenvalue weighted by Crippen LogP contribution is 2.30. The van der Waals surface area contributed by atoms with E-state index in [0.29, 0.717) is 10.7 Å². The Balaban J connectivity index is 2.28. The molecule has 0 saturated carbocycles. The largest absolute Gasteiger partial charge is 0.373 e. The van der Waals surface area contributed by atoms with Gasteiger partial charge in [-0.3, -0.25) is 10.1 Å². The molecule has 98 valence electrons. The van der Waals surface area contributed by atoms with Crippen LogP contribution in [0.3, 0.4) is 0 Å². The number of rotatable bonds is 4. The fraction of sp³-hybridized carbons (Fsp3) is 0.143. The van der Waals surface area contributed by atoms with Gasteiger partial charge in [-0.15, -0.1) is 0 Å². The van der Waals surface area contributed by atoms with Gasteiger partial charge in [0.1, 0.15) is 5.69 Å². The smallest absolute Gasteiger partial charge is 0.292 e. The molecule has 2 rings (SSSR count). The third-order valence-corrected chi connectivity index (χ3v) is 3.06. The van der Waals surface area contributed by atoms with Crippen LogP contribution in [0.4, 0.5) is 11.4 Å². The van der Waals surface area contributed by atoms with E-state index in [9.17, 15) is 10.1 Å². The second kappa shape index (κ2) is 5.71. The number of benzene rings is 2. The molecule has 0 saturated heterocycles. The van der Waals surface area contributed by atoms with Gasteiger partial charge in [0.05, 0.1) is 4.92 Å². The van der Waals surface area contributed by atoms with Crippen LogP contribution in [0.15, 0.2) is 48.5 Å². The first kappa shape index (κ1) is 13.4. The summed E-state index contributed by atoms with van der Waals surface area (Å²) in [7, 11) is 0. The number of halogens is 1. The fourth-order valence-electron chi connectivity index (χ4n) is 1.84. The lowest BCUT2D eigenvalue weighted by atomic mass is 10.1. The number of nitro benzene ring substituents is 1. The standard InChI is InChI=1S/C14H13ClN2O2/c1-10(11-5-3-2-4-6-11)16-13-9-12(15)7-8-14(13)17(18)19/h2-10,16H,1H3/t10-/m1/s1. The van der Waals surface area contributed by atoms with Crippen LogP contribution in [0.25, 0.3) is 0 Å². The van der Waals surface area contributed by atoms with Crippen molar-refractivity contribution in [2.45, 2.75) is 13.0 Å². The van der Waals surface area contributed by atoms with E-state index in [1.807, 2.05) is 37.3 Å². The van der Waals surface area contributed by atoms with Crippen molar-refractivity contribution >= 4 is 23.0 Å². The molecule has 0 aliphatic carbocycles. The van der Waals surface area contributed by atoms with Gasteiger partial charge in [0, 0.05) is 17.1 Å². The lowest BCUT2D eigenvalue weighted by Crippen LogP contribution is -2.08. The predicted octanol–water partition coefficient (Wildman–Crippen LogP) is 4.42. The van der Waals surface area contributed by atoms with E-state index in [4.69, 9.17) is 11.6 Å². The highest BCUT2D eigenvalue weighted by atomic mass is 35.5. The minimum atomic E-state index is -0.420. The molecule has 0 aliphatic rings. The third kappa shape index (κ3) is 3.23. The Labute approximate surface area is 116 Å². The Kier molecular flexibility index (Phi) is 4.02. The molecular formula is C14H13ClN2O2. The van der Waals surface area contributed by atoms with Crippen LogP contribution in [-0.4, -0.2) is 4.92 Å². The number of nitrogens with one attached hydrogen (secondary N) is 1. The molecule has 0 amide bonds. The molecule has 0 spiro atoms. The predicted molar refractivity (Wildman–Crippen MR) is 76.6 cm³/mol. The molecule has 2 aromatic carbocycles. The molecule has 0 aromatic heterocycles. The van der Waals surface area contributed by atoms with Crippen LogP contribution in [-0.2, 0) is 0 Å². The van der Waals surface area contributed by atoms with Crippen molar-refractivity contribution in [3.05, 3.63) is 69.2 Å². The summed E-state index contributed by atoms with van der Waals surface area (Å²) >= 11 is 5.89. The van der Waals surface area contributed by atoms with E-state index < -0.39 is 4.92 Å². The zero-order valence-corrected chi connectivity index (χ0v) is 11.1. The summed E-state index contributed by atoms with van der Waals surface area (Å²) in [6.45, 7) is 1.94. The molecule has 0 radical (unpaired) electrons. The van der Waals surface area contributed by atoms with Gasteiger partial charge in [0.25, 0.3) is 5.69 Å². The van der Waals surface area contributed by atoms with Crippen molar-refractivity contribution in [1.82, 2.24) is 0 Å². The van der Waals surface area contributed by atoms with Gasteiger partial charge in [0.15, 0.2) is 0 Å². The van der Waals surface area contributed by atoms with Crippen LogP contribution in [0, 0.1) is 10.1 Å². The number of anilines is 1. The second-order valence-corrected chi connectivity index (χ2v) is 4.63. The Morgan fingerprint density at radius 1 is 1.21 bits per heavy atom. The van der Waals surface area contributed by atoms with Gasteiger partial charge in [-0.25, -0.2) is 0 Å². The first-order valence-corrected chi connectivity index (χ1v) is 6.21. The number of nitro groups is 1. The molecule has 5 heteroatoms. The van der Waals surface area contributed by atoms with Gasteiger partial charge in [-0.1, -0.05) is 41.9 Å². The molecule has 1 atom stereocenters. The summed E-state index contributed by atoms with van der Waals surface area (Å²) in [4.78, 5) is 10.6. The van der Waals surface area contributed by atoms with Crippen LogP contribution >= 0.6 is 11.6 Å². The zero-order valence-electron chi connectivity index (χ0n) is 10.3. The SMILES string of the molecule is C[C@@H](Nc1cc(Cl)ccc1[N+](=O)[O-])c1ccccc1.